The van der Waals surface area contributed by atoms with Crippen LogP contribution in [0.5, 0.6) is 0 Å². The maximum Gasteiger partial charge on any atom is 0.264 e. The van der Waals surface area contributed by atoms with Crippen molar-refractivity contribution in [3.63, 3.8) is 0 Å². The standard InChI is InChI=1S/C26H28Cl2N2O3S/c1-18(19-10-12-20(13-11-19)26(2,3)4)29-25(31)17-30(24-15-14-21(27)16-23(24)28)34(32,33)22-8-6-5-7-9-22/h5-16,18H,17H2,1-4H3,(H,29,31)/t18-/m0/s1. The number of sulfonamides is 1. The highest BCUT2D eigenvalue weighted by Gasteiger charge is 2.29. The lowest BCUT2D eigenvalue weighted by Crippen LogP contribution is -2.41. The molecule has 0 aliphatic rings. The Balaban J connectivity index is 1.87. The van der Waals surface area contributed by atoms with Crippen LogP contribution in [0.15, 0.2) is 77.7 Å². The molecule has 8 heteroatoms. The Kier molecular flexibility index (Phi) is 7.96. The molecule has 0 spiro atoms. The van der Waals surface area contributed by atoms with Gasteiger partial charge >= 0.3 is 0 Å². The average molecular weight is 519 g/mol. The van der Waals surface area contributed by atoms with Crippen LogP contribution in [0.2, 0.25) is 10.0 Å². The molecular formula is C26H28Cl2N2O3S. The second-order valence-electron chi connectivity index (χ2n) is 9.08. The second kappa shape index (κ2) is 10.4. The summed E-state index contributed by atoms with van der Waals surface area (Å²) in [5.41, 5.74) is 2.30. The lowest BCUT2D eigenvalue weighted by molar-refractivity contribution is -0.120. The summed E-state index contributed by atoms with van der Waals surface area (Å²) in [5.74, 6) is -0.460. The van der Waals surface area contributed by atoms with Gasteiger partial charge < -0.3 is 5.32 Å². The highest BCUT2D eigenvalue weighted by molar-refractivity contribution is 7.92. The highest BCUT2D eigenvalue weighted by atomic mass is 35.5. The number of carbonyl (C=O) groups excluding carboxylic acids is 1. The van der Waals surface area contributed by atoms with E-state index in [4.69, 9.17) is 23.2 Å². The minimum Gasteiger partial charge on any atom is -0.348 e. The van der Waals surface area contributed by atoms with Gasteiger partial charge in [0.1, 0.15) is 6.54 Å². The number of benzene rings is 3. The summed E-state index contributed by atoms with van der Waals surface area (Å²) in [4.78, 5) is 13.1. The number of nitrogens with zero attached hydrogens (tertiary/aromatic N) is 1. The summed E-state index contributed by atoms with van der Waals surface area (Å²) in [6, 6.07) is 20.1. The fourth-order valence-corrected chi connectivity index (χ4v) is 5.50. The first kappa shape index (κ1) is 26.1. The van der Waals surface area contributed by atoms with E-state index in [0.717, 1.165) is 9.87 Å². The molecule has 3 aromatic rings. The zero-order chi connectivity index (χ0) is 25.1. The maximum atomic E-state index is 13.4. The minimum atomic E-state index is -4.06. The first-order valence-corrected chi connectivity index (χ1v) is 13.0. The quantitative estimate of drug-likeness (QED) is 0.395. The summed E-state index contributed by atoms with van der Waals surface area (Å²) in [5, 5.41) is 3.39. The second-order valence-corrected chi connectivity index (χ2v) is 11.8. The van der Waals surface area contributed by atoms with Gasteiger partial charge in [0, 0.05) is 5.02 Å². The Hall–Kier alpha value is -2.54. The molecule has 5 nitrogen and oxygen atoms in total. The molecule has 180 valence electrons. The summed E-state index contributed by atoms with van der Waals surface area (Å²) in [6.07, 6.45) is 0. The normalized spacial score (nSPS) is 12.8. The van der Waals surface area contributed by atoms with Crippen molar-refractivity contribution in [3.8, 4) is 0 Å². The van der Waals surface area contributed by atoms with Crippen molar-refractivity contribution >= 4 is 44.8 Å². The van der Waals surface area contributed by atoms with E-state index in [2.05, 4.69) is 26.1 Å². The number of rotatable bonds is 7. The van der Waals surface area contributed by atoms with E-state index in [0.29, 0.717) is 5.02 Å². The van der Waals surface area contributed by atoms with Gasteiger partial charge in [-0.15, -0.1) is 0 Å². The van der Waals surface area contributed by atoms with Gasteiger partial charge in [-0.25, -0.2) is 8.42 Å². The van der Waals surface area contributed by atoms with Crippen LogP contribution in [-0.4, -0.2) is 20.9 Å². The van der Waals surface area contributed by atoms with Crippen LogP contribution in [0.4, 0.5) is 5.69 Å². The third kappa shape index (κ3) is 6.12. The molecule has 0 saturated carbocycles. The molecule has 34 heavy (non-hydrogen) atoms. The zero-order valence-corrected chi connectivity index (χ0v) is 21.9. The number of hydrogen-bond donors (Lipinski definition) is 1. The van der Waals surface area contributed by atoms with Crippen LogP contribution in [-0.2, 0) is 20.2 Å². The molecule has 0 radical (unpaired) electrons. The van der Waals surface area contributed by atoms with E-state index in [9.17, 15) is 13.2 Å². The van der Waals surface area contributed by atoms with Crippen LogP contribution in [0.3, 0.4) is 0 Å². The Morgan fingerprint density at radius 1 is 0.971 bits per heavy atom. The topological polar surface area (TPSA) is 66.5 Å². The van der Waals surface area contributed by atoms with Gasteiger partial charge in [0.25, 0.3) is 10.0 Å². The van der Waals surface area contributed by atoms with Crippen molar-refractivity contribution in [2.45, 2.75) is 44.0 Å². The molecule has 1 atom stereocenters. The van der Waals surface area contributed by atoms with E-state index in [-0.39, 0.29) is 27.1 Å². The molecule has 0 bridgehead atoms. The van der Waals surface area contributed by atoms with Crippen LogP contribution in [0, 0.1) is 0 Å². The van der Waals surface area contributed by atoms with Crippen LogP contribution >= 0.6 is 23.2 Å². The Bertz CT molecular complexity index is 1260. The van der Waals surface area contributed by atoms with E-state index in [1.165, 1.54) is 35.9 Å². The number of carbonyl (C=O) groups is 1. The van der Waals surface area contributed by atoms with Crippen molar-refractivity contribution < 1.29 is 13.2 Å². The van der Waals surface area contributed by atoms with Gasteiger partial charge in [0.15, 0.2) is 0 Å². The van der Waals surface area contributed by atoms with Crippen LogP contribution in [0.25, 0.3) is 0 Å². The van der Waals surface area contributed by atoms with Gasteiger partial charge in [-0.2, -0.15) is 0 Å². The van der Waals surface area contributed by atoms with E-state index < -0.39 is 22.5 Å². The Morgan fingerprint density at radius 3 is 2.15 bits per heavy atom. The predicted molar refractivity (Wildman–Crippen MR) is 139 cm³/mol. The molecule has 3 aromatic carbocycles. The number of nitrogens with one attached hydrogen (secondary N) is 1. The average Bonchev–Trinajstić information content (AvgIpc) is 2.78. The van der Waals surface area contributed by atoms with Crippen molar-refractivity contribution in [2.75, 3.05) is 10.8 Å². The van der Waals surface area contributed by atoms with Gasteiger partial charge in [-0.1, -0.05) is 86.4 Å². The SMILES string of the molecule is C[C@H](NC(=O)CN(c1ccc(Cl)cc1Cl)S(=O)(=O)c1ccccc1)c1ccc(C(C)(C)C)cc1. The molecule has 0 fully saturated rings. The smallest absolute Gasteiger partial charge is 0.264 e. The summed E-state index contributed by atoms with van der Waals surface area (Å²) in [7, 11) is -4.06. The fourth-order valence-electron chi connectivity index (χ4n) is 3.48. The van der Waals surface area contributed by atoms with Crippen molar-refractivity contribution in [1.29, 1.82) is 0 Å². The van der Waals surface area contributed by atoms with E-state index >= 15 is 0 Å². The molecule has 3 rings (SSSR count). The Labute approximate surface area is 211 Å². The number of amides is 1. The largest absolute Gasteiger partial charge is 0.348 e. The summed E-state index contributed by atoms with van der Waals surface area (Å²) >= 11 is 12.3. The monoisotopic (exact) mass is 518 g/mol. The van der Waals surface area contributed by atoms with Gasteiger partial charge in [0.2, 0.25) is 5.91 Å². The first-order chi connectivity index (χ1) is 15.9. The van der Waals surface area contributed by atoms with Gasteiger partial charge in [0.05, 0.1) is 21.6 Å². The highest BCUT2D eigenvalue weighted by Crippen LogP contribution is 2.32. The summed E-state index contributed by atoms with van der Waals surface area (Å²) in [6.45, 7) is 7.82. The van der Waals surface area contributed by atoms with Crippen molar-refractivity contribution in [3.05, 3.63) is 94.0 Å². The predicted octanol–water partition coefficient (Wildman–Crippen LogP) is 6.36. The molecule has 0 heterocycles. The molecule has 0 aliphatic heterocycles. The molecule has 0 saturated heterocycles. The lowest BCUT2D eigenvalue weighted by Gasteiger charge is -2.26. The minimum absolute atomic E-state index is 0.0230. The van der Waals surface area contributed by atoms with E-state index in [1.54, 1.807) is 18.2 Å². The Morgan fingerprint density at radius 2 is 1.59 bits per heavy atom. The number of halogens is 2. The van der Waals surface area contributed by atoms with Crippen LogP contribution < -0.4 is 9.62 Å². The number of hydrogen-bond acceptors (Lipinski definition) is 3. The zero-order valence-electron chi connectivity index (χ0n) is 19.5. The van der Waals surface area contributed by atoms with Gasteiger partial charge in [-0.3, -0.25) is 9.10 Å². The maximum absolute atomic E-state index is 13.4. The third-order valence-electron chi connectivity index (χ3n) is 5.45. The molecule has 1 N–H and O–H groups in total. The molecule has 1 amide bonds. The lowest BCUT2D eigenvalue weighted by atomic mass is 9.86. The van der Waals surface area contributed by atoms with Gasteiger partial charge in [-0.05, 0) is 53.8 Å². The molecule has 0 aliphatic carbocycles. The van der Waals surface area contributed by atoms with Crippen molar-refractivity contribution in [1.82, 2.24) is 5.32 Å². The van der Waals surface area contributed by atoms with Crippen molar-refractivity contribution in [2.24, 2.45) is 0 Å². The van der Waals surface area contributed by atoms with E-state index in [1.807, 2.05) is 31.2 Å². The van der Waals surface area contributed by atoms with Crippen LogP contribution in [0.1, 0.15) is 44.9 Å². The molecule has 0 aromatic heterocycles. The number of anilines is 1. The fraction of sp³-hybridized carbons (Fsp3) is 0.269. The first-order valence-electron chi connectivity index (χ1n) is 10.8. The third-order valence-corrected chi connectivity index (χ3v) is 7.76. The molecule has 0 unspecified atom stereocenters. The summed E-state index contributed by atoms with van der Waals surface area (Å²) < 4.78 is 27.9. The molecular weight excluding hydrogens is 491 g/mol.